The van der Waals surface area contributed by atoms with Gasteiger partial charge in [-0.1, -0.05) is 18.2 Å². The lowest BCUT2D eigenvalue weighted by Gasteiger charge is -2.27. The monoisotopic (exact) mass is 424 g/mol. The lowest BCUT2D eigenvalue weighted by molar-refractivity contribution is 0.413. The number of aromatic nitrogens is 2. The van der Waals surface area contributed by atoms with E-state index in [-0.39, 0.29) is 4.90 Å². The molecule has 30 heavy (non-hydrogen) atoms. The van der Waals surface area contributed by atoms with Crippen LogP contribution in [0.4, 0.5) is 11.5 Å². The Morgan fingerprint density at radius 1 is 0.933 bits per heavy atom. The number of nitrogens with one attached hydrogen (secondary N) is 1. The molecule has 1 aliphatic heterocycles. The molecule has 156 valence electrons. The number of hydrogen-bond donors (Lipinski definition) is 1. The quantitative estimate of drug-likeness (QED) is 0.645. The summed E-state index contributed by atoms with van der Waals surface area (Å²) in [5, 5.41) is 8.73. The highest BCUT2D eigenvalue weighted by atomic mass is 32.2. The van der Waals surface area contributed by atoms with E-state index >= 15 is 0 Å². The van der Waals surface area contributed by atoms with Crippen LogP contribution in [-0.4, -0.2) is 38.8 Å². The van der Waals surface area contributed by atoms with Gasteiger partial charge in [0.1, 0.15) is 5.75 Å². The molecule has 1 aromatic heterocycles. The Labute approximate surface area is 176 Å². The average molecular weight is 425 g/mol. The van der Waals surface area contributed by atoms with Crippen molar-refractivity contribution in [2.24, 2.45) is 0 Å². The molecule has 2 heterocycles. The molecule has 1 saturated heterocycles. The van der Waals surface area contributed by atoms with E-state index in [2.05, 4.69) is 19.8 Å². The van der Waals surface area contributed by atoms with E-state index in [0.717, 1.165) is 24.5 Å². The summed E-state index contributed by atoms with van der Waals surface area (Å²) in [4.78, 5) is 2.39. The van der Waals surface area contributed by atoms with Crippen molar-refractivity contribution >= 4 is 21.5 Å². The molecule has 7 nitrogen and oxygen atoms in total. The molecule has 0 spiro atoms. The largest absolute Gasteiger partial charge is 0.497 e. The number of nitrogens with zero attached hydrogens (tertiary/aromatic N) is 3. The normalized spacial score (nSPS) is 14.4. The minimum atomic E-state index is -3.74. The molecule has 0 unspecified atom stereocenters. The van der Waals surface area contributed by atoms with Crippen molar-refractivity contribution in [3.8, 4) is 17.0 Å². The minimum Gasteiger partial charge on any atom is -0.497 e. The molecule has 3 aromatic rings. The number of rotatable bonds is 6. The fourth-order valence-electron chi connectivity index (χ4n) is 3.50. The van der Waals surface area contributed by atoms with Crippen LogP contribution in [0.1, 0.15) is 19.3 Å². The van der Waals surface area contributed by atoms with E-state index < -0.39 is 10.0 Å². The number of ether oxygens (including phenoxy) is 1. The van der Waals surface area contributed by atoms with Crippen molar-refractivity contribution in [3.63, 3.8) is 0 Å². The maximum absolute atomic E-state index is 12.7. The van der Waals surface area contributed by atoms with Crippen LogP contribution in [0.5, 0.6) is 5.75 Å². The predicted octanol–water partition coefficient (Wildman–Crippen LogP) is 3.94. The van der Waals surface area contributed by atoms with Crippen molar-refractivity contribution in [3.05, 3.63) is 60.7 Å². The van der Waals surface area contributed by atoms with Crippen LogP contribution < -0.4 is 14.4 Å². The number of benzene rings is 2. The smallest absolute Gasteiger partial charge is 0.262 e. The molecule has 0 atom stereocenters. The summed E-state index contributed by atoms with van der Waals surface area (Å²) >= 11 is 0. The Hall–Kier alpha value is -3.13. The van der Waals surface area contributed by atoms with Gasteiger partial charge in [0.25, 0.3) is 10.0 Å². The second-order valence-corrected chi connectivity index (χ2v) is 8.87. The first-order valence-electron chi connectivity index (χ1n) is 9.91. The topological polar surface area (TPSA) is 84.4 Å². The summed E-state index contributed by atoms with van der Waals surface area (Å²) in [5.41, 5.74) is 1.94. The molecule has 1 aliphatic rings. The van der Waals surface area contributed by atoms with Crippen LogP contribution in [0, 0.1) is 0 Å². The van der Waals surface area contributed by atoms with Gasteiger partial charge in [-0.3, -0.25) is 4.72 Å². The second-order valence-electron chi connectivity index (χ2n) is 7.19. The maximum atomic E-state index is 12.7. The first kappa shape index (κ1) is 20.2. The lowest BCUT2D eigenvalue weighted by atomic mass is 10.1. The van der Waals surface area contributed by atoms with Crippen LogP contribution >= 0.6 is 0 Å². The Balaban J connectivity index is 1.53. The van der Waals surface area contributed by atoms with Gasteiger partial charge >= 0.3 is 0 Å². The van der Waals surface area contributed by atoms with E-state index in [1.165, 1.54) is 38.5 Å². The maximum Gasteiger partial charge on any atom is 0.262 e. The van der Waals surface area contributed by atoms with Gasteiger partial charge in [-0.25, -0.2) is 8.42 Å². The Bertz CT molecular complexity index is 1110. The van der Waals surface area contributed by atoms with Crippen LogP contribution in [0.15, 0.2) is 65.6 Å². The molecule has 1 fully saturated rings. The van der Waals surface area contributed by atoms with Gasteiger partial charge in [0.05, 0.1) is 17.7 Å². The van der Waals surface area contributed by atoms with Gasteiger partial charge in [-0.2, -0.15) is 0 Å². The Kier molecular flexibility index (Phi) is 5.85. The van der Waals surface area contributed by atoms with Gasteiger partial charge in [0.2, 0.25) is 0 Å². The number of piperidine rings is 1. The molecule has 0 radical (unpaired) electrons. The van der Waals surface area contributed by atoms with Crippen LogP contribution in [0.25, 0.3) is 11.3 Å². The first-order valence-corrected chi connectivity index (χ1v) is 11.4. The highest BCUT2D eigenvalue weighted by molar-refractivity contribution is 7.92. The SMILES string of the molecule is COc1cccc(S(=O)(=O)Nc2cccc(-c3ccc(N4CCCCC4)nn3)c2)c1. The number of hydrogen-bond acceptors (Lipinski definition) is 6. The summed E-state index contributed by atoms with van der Waals surface area (Å²) in [5.74, 6) is 1.36. The van der Waals surface area contributed by atoms with E-state index in [9.17, 15) is 8.42 Å². The van der Waals surface area contributed by atoms with Crippen molar-refractivity contribution in [1.29, 1.82) is 0 Å². The van der Waals surface area contributed by atoms with E-state index in [4.69, 9.17) is 4.74 Å². The van der Waals surface area contributed by atoms with Crippen molar-refractivity contribution in [2.45, 2.75) is 24.2 Å². The average Bonchev–Trinajstić information content (AvgIpc) is 2.80. The van der Waals surface area contributed by atoms with Crippen molar-refractivity contribution in [1.82, 2.24) is 10.2 Å². The molecular weight excluding hydrogens is 400 g/mol. The molecule has 0 aliphatic carbocycles. The number of methoxy groups -OCH3 is 1. The number of anilines is 2. The fraction of sp³-hybridized carbons (Fsp3) is 0.273. The fourth-order valence-corrected chi connectivity index (χ4v) is 4.58. The summed E-state index contributed by atoms with van der Waals surface area (Å²) in [6.45, 7) is 2.02. The summed E-state index contributed by atoms with van der Waals surface area (Å²) in [6, 6.07) is 17.4. The van der Waals surface area contributed by atoms with E-state index in [1.54, 1.807) is 30.3 Å². The van der Waals surface area contributed by atoms with Crippen molar-refractivity contribution < 1.29 is 13.2 Å². The molecule has 0 saturated carbocycles. The molecule has 0 amide bonds. The molecule has 4 rings (SSSR count). The van der Waals surface area contributed by atoms with Gasteiger partial charge in [-0.15, -0.1) is 10.2 Å². The highest BCUT2D eigenvalue weighted by Crippen LogP contribution is 2.25. The van der Waals surface area contributed by atoms with Crippen LogP contribution in [0.2, 0.25) is 0 Å². The zero-order valence-electron chi connectivity index (χ0n) is 16.8. The second kappa shape index (κ2) is 8.71. The van der Waals surface area contributed by atoms with Crippen LogP contribution in [-0.2, 0) is 10.0 Å². The van der Waals surface area contributed by atoms with Gasteiger partial charge in [-0.05, 0) is 55.7 Å². The predicted molar refractivity (Wildman–Crippen MR) is 117 cm³/mol. The van der Waals surface area contributed by atoms with Crippen molar-refractivity contribution in [2.75, 3.05) is 29.8 Å². The molecule has 2 aromatic carbocycles. The van der Waals surface area contributed by atoms with Crippen LogP contribution in [0.3, 0.4) is 0 Å². The minimum absolute atomic E-state index is 0.137. The summed E-state index contributed by atoms with van der Waals surface area (Å²) in [7, 11) is -2.24. The third-order valence-corrected chi connectivity index (χ3v) is 6.47. The molecular formula is C22H24N4O3S. The summed E-state index contributed by atoms with van der Waals surface area (Å²) in [6.07, 6.45) is 3.62. The first-order chi connectivity index (χ1) is 14.5. The molecule has 1 N–H and O–H groups in total. The zero-order chi connectivity index (χ0) is 21.0. The lowest BCUT2D eigenvalue weighted by Crippen LogP contribution is -2.30. The molecule has 0 bridgehead atoms. The number of sulfonamides is 1. The third kappa shape index (κ3) is 4.54. The summed E-state index contributed by atoms with van der Waals surface area (Å²) < 4.78 is 33.2. The highest BCUT2D eigenvalue weighted by Gasteiger charge is 2.16. The van der Waals surface area contributed by atoms with E-state index in [1.807, 2.05) is 18.2 Å². The van der Waals surface area contributed by atoms with Gasteiger partial charge < -0.3 is 9.64 Å². The Morgan fingerprint density at radius 2 is 1.73 bits per heavy atom. The van der Waals surface area contributed by atoms with Gasteiger partial charge in [0.15, 0.2) is 5.82 Å². The van der Waals surface area contributed by atoms with Gasteiger partial charge in [0, 0.05) is 30.4 Å². The zero-order valence-corrected chi connectivity index (χ0v) is 17.6. The van der Waals surface area contributed by atoms with E-state index in [0.29, 0.717) is 17.1 Å². The standard InChI is InChI=1S/C22H24N4O3S/c1-29-19-9-6-10-20(16-19)30(27,28)25-18-8-5-7-17(15-18)21-11-12-22(24-23-21)26-13-3-2-4-14-26/h5-12,15-16,25H,2-4,13-14H2,1H3. The third-order valence-electron chi connectivity index (χ3n) is 5.09. The molecule has 8 heteroatoms. The Morgan fingerprint density at radius 3 is 2.47 bits per heavy atom.